The third-order valence-corrected chi connectivity index (χ3v) is 4.53. The number of hydrogen-bond donors (Lipinski definition) is 0. The molecular formula is C21H34O3. The zero-order valence-electron chi connectivity index (χ0n) is 15.3. The Kier molecular flexibility index (Phi) is 10.1. The van der Waals surface area contributed by atoms with E-state index in [9.17, 15) is 0 Å². The van der Waals surface area contributed by atoms with Crippen molar-refractivity contribution in [3.8, 4) is 0 Å². The standard InChI is InChI=1S/C21H34O3/c1-2-3-4-5-6-7-8-12-15-22-16-19-17-23-21(24-18-19)20-13-10-9-11-14-20/h9-11,13-14,19,21H,2-8,12,15-18H2,1H3. The van der Waals surface area contributed by atoms with E-state index in [4.69, 9.17) is 14.2 Å². The fraction of sp³-hybridized carbons (Fsp3) is 0.714. The summed E-state index contributed by atoms with van der Waals surface area (Å²) in [5.41, 5.74) is 1.09. The van der Waals surface area contributed by atoms with Crippen molar-refractivity contribution in [1.29, 1.82) is 0 Å². The van der Waals surface area contributed by atoms with Crippen LogP contribution in [0.2, 0.25) is 0 Å². The second kappa shape index (κ2) is 12.5. The molecule has 1 aliphatic heterocycles. The molecule has 1 aromatic carbocycles. The third-order valence-electron chi connectivity index (χ3n) is 4.53. The summed E-state index contributed by atoms with van der Waals surface area (Å²) in [7, 11) is 0. The van der Waals surface area contributed by atoms with Crippen molar-refractivity contribution in [1.82, 2.24) is 0 Å². The van der Waals surface area contributed by atoms with E-state index in [0.717, 1.165) is 32.0 Å². The van der Waals surface area contributed by atoms with E-state index in [1.54, 1.807) is 0 Å². The van der Waals surface area contributed by atoms with Gasteiger partial charge in [-0.3, -0.25) is 0 Å². The first kappa shape index (κ1) is 19.4. The highest BCUT2D eigenvalue weighted by Gasteiger charge is 2.23. The average Bonchev–Trinajstić information content (AvgIpc) is 2.64. The summed E-state index contributed by atoms with van der Waals surface area (Å²) in [6.07, 6.45) is 10.5. The molecule has 0 N–H and O–H groups in total. The normalized spacial score (nSPS) is 21.0. The molecule has 24 heavy (non-hydrogen) atoms. The molecule has 136 valence electrons. The minimum Gasteiger partial charge on any atom is -0.381 e. The number of hydrogen-bond acceptors (Lipinski definition) is 3. The molecule has 1 fully saturated rings. The van der Waals surface area contributed by atoms with Crippen molar-refractivity contribution < 1.29 is 14.2 Å². The molecule has 0 saturated carbocycles. The van der Waals surface area contributed by atoms with Gasteiger partial charge in [0.1, 0.15) is 0 Å². The van der Waals surface area contributed by atoms with Gasteiger partial charge >= 0.3 is 0 Å². The molecule has 0 atom stereocenters. The molecule has 2 rings (SSSR count). The van der Waals surface area contributed by atoms with Gasteiger partial charge in [0.2, 0.25) is 0 Å². The van der Waals surface area contributed by atoms with Gasteiger partial charge in [-0.2, -0.15) is 0 Å². The minimum atomic E-state index is -0.213. The Bertz CT molecular complexity index is 399. The molecule has 0 bridgehead atoms. The Morgan fingerprint density at radius 1 is 0.875 bits per heavy atom. The van der Waals surface area contributed by atoms with Crippen LogP contribution in [-0.4, -0.2) is 26.4 Å². The van der Waals surface area contributed by atoms with Crippen molar-refractivity contribution in [2.45, 2.75) is 64.6 Å². The molecular weight excluding hydrogens is 300 g/mol. The lowest BCUT2D eigenvalue weighted by atomic mass is 10.1. The molecule has 1 saturated heterocycles. The fourth-order valence-corrected chi connectivity index (χ4v) is 3.03. The topological polar surface area (TPSA) is 27.7 Å². The number of unbranched alkanes of at least 4 members (excludes halogenated alkanes) is 7. The number of ether oxygens (including phenoxy) is 3. The predicted molar refractivity (Wildman–Crippen MR) is 98.0 cm³/mol. The fourth-order valence-electron chi connectivity index (χ4n) is 3.03. The van der Waals surface area contributed by atoms with Gasteiger partial charge in [-0.15, -0.1) is 0 Å². The molecule has 1 heterocycles. The van der Waals surface area contributed by atoms with Crippen molar-refractivity contribution in [3.05, 3.63) is 35.9 Å². The Balaban J connectivity index is 1.43. The van der Waals surface area contributed by atoms with Gasteiger partial charge in [0.15, 0.2) is 6.29 Å². The predicted octanol–water partition coefficient (Wildman–Crippen LogP) is 5.51. The lowest BCUT2D eigenvalue weighted by Gasteiger charge is -2.29. The van der Waals surface area contributed by atoms with Crippen LogP contribution < -0.4 is 0 Å². The van der Waals surface area contributed by atoms with Gasteiger partial charge in [-0.05, 0) is 6.42 Å². The summed E-state index contributed by atoms with van der Waals surface area (Å²) >= 11 is 0. The molecule has 0 spiro atoms. The largest absolute Gasteiger partial charge is 0.381 e. The zero-order chi connectivity index (χ0) is 16.9. The van der Waals surface area contributed by atoms with E-state index < -0.39 is 0 Å². The van der Waals surface area contributed by atoms with Gasteiger partial charge in [0, 0.05) is 18.1 Å². The molecule has 0 unspecified atom stereocenters. The summed E-state index contributed by atoms with van der Waals surface area (Å²) < 4.78 is 17.4. The van der Waals surface area contributed by atoms with Gasteiger partial charge in [0.25, 0.3) is 0 Å². The van der Waals surface area contributed by atoms with E-state index in [1.807, 2.05) is 30.3 Å². The molecule has 1 aliphatic rings. The summed E-state index contributed by atoms with van der Waals surface area (Å²) in [5, 5.41) is 0. The Morgan fingerprint density at radius 2 is 1.50 bits per heavy atom. The second-order valence-electron chi connectivity index (χ2n) is 6.83. The maximum absolute atomic E-state index is 5.82. The van der Waals surface area contributed by atoms with Crippen LogP contribution in [-0.2, 0) is 14.2 Å². The van der Waals surface area contributed by atoms with Crippen molar-refractivity contribution in [2.24, 2.45) is 5.92 Å². The van der Waals surface area contributed by atoms with E-state index in [0.29, 0.717) is 5.92 Å². The lowest BCUT2D eigenvalue weighted by Crippen LogP contribution is -2.30. The molecule has 0 amide bonds. The smallest absolute Gasteiger partial charge is 0.183 e. The van der Waals surface area contributed by atoms with Crippen LogP contribution in [0.15, 0.2) is 30.3 Å². The maximum Gasteiger partial charge on any atom is 0.183 e. The van der Waals surface area contributed by atoms with Gasteiger partial charge in [-0.25, -0.2) is 0 Å². The maximum atomic E-state index is 5.82. The van der Waals surface area contributed by atoms with Gasteiger partial charge in [0.05, 0.1) is 19.8 Å². The monoisotopic (exact) mass is 334 g/mol. The Hall–Kier alpha value is -0.900. The summed E-state index contributed by atoms with van der Waals surface area (Å²) in [5.74, 6) is 0.360. The first-order valence-corrected chi connectivity index (χ1v) is 9.76. The number of benzene rings is 1. The van der Waals surface area contributed by atoms with E-state index >= 15 is 0 Å². The van der Waals surface area contributed by atoms with Crippen LogP contribution in [0.1, 0.15) is 70.1 Å². The highest BCUT2D eigenvalue weighted by Crippen LogP contribution is 2.24. The second-order valence-corrected chi connectivity index (χ2v) is 6.83. The van der Waals surface area contributed by atoms with Crippen LogP contribution in [0, 0.1) is 5.92 Å². The van der Waals surface area contributed by atoms with Crippen molar-refractivity contribution in [2.75, 3.05) is 26.4 Å². The summed E-state index contributed by atoms with van der Waals surface area (Å²) in [6.45, 7) is 5.32. The number of rotatable bonds is 12. The third kappa shape index (κ3) is 7.78. The highest BCUT2D eigenvalue weighted by atomic mass is 16.7. The van der Waals surface area contributed by atoms with E-state index in [-0.39, 0.29) is 6.29 Å². The van der Waals surface area contributed by atoms with Crippen LogP contribution in [0.25, 0.3) is 0 Å². The Labute approximate surface area is 147 Å². The summed E-state index contributed by atoms with van der Waals surface area (Å²) in [6, 6.07) is 10.1. The van der Waals surface area contributed by atoms with Crippen LogP contribution in [0.3, 0.4) is 0 Å². The van der Waals surface area contributed by atoms with E-state index in [1.165, 1.54) is 51.4 Å². The Morgan fingerprint density at radius 3 is 2.17 bits per heavy atom. The quantitative estimate of drug-likeness (QED) is 0.472. The van der Waals surface area contributed by atoms with Crippen LogP contribution in [0.4, 0.5) is 0 Å². The molecule has 3 heteroatoms. The van der Waals surface area contributed by atoms with Crippen molar-refractivity contribution >= 4 is 0 Å². The van der Waals surface area contributed by atoms with E-state index in [2.05, 4.69) is 6.92 Å². The summed E-state index contributed by atoms with van der Waals surface area (Å²) in [4.78, 5) is 0. The average molecular weight is 335 g/mol. The molecule has 0 aromatic heterocycles. The van der Waals surface area contributed by atoms with Gasteiger partial charge in [-0.1, -0.05) is 82.2 Å². The molecule has 1 aromatic rings. The molecule has 0 radical (unpaired) electrons. The van der Waals surface area contributed by atoms with Crippen LogP contribution in [0.5, 0.6) is 0 Å². The van der Waals surface area contributed by atoms with Crippen molar-refractivity contribution in [3.63, 3.8) is 0 Å². The highest BCUT2D eigenvalue weighted by molar-refractivity contribution is 5.16. The van der Waals surface area contributed by atoms with Gasteiger partial charge < -0.3 is 14.2 Å². The van der Waals surface area contributed by atoms with Crippen LogP contribution >= 0.6 is 0 Å². The minimum absolute atomic E-state index is 0.213. The zero-order valence-corrected chi connectivity index (χ0v) is 15.3. The SMILES string of the molecule is CCCCCCCCCCOCC1COC(c2ccccc2)OC1. The molecule has 3 nitrogen and oxygen atoms in total. The molecule has 0 aliphatic carbocycles. The lowest BCUT2D eigenvalue weighted by molar-refractivity contribution is -0.212. The first-order valence-electron chi connectivity index (χ1n) is 9.76. The first-order chi connectivity index (χ1) is 11.9.